The van der Waals surface area contributed by atoms with Crippen LogP contribution in [0.15, 0.2) is 6.08 Å². The van der Waals surface area contributed by atoms with Crippen molar-refractivity contribution in [2.75, 3.05) is 13.1 Å². The molecule has 0 saturated carbocycles. The summed E-state index contributed by atoms with van der Waals surface area (Å²) in [6, 6.07) is 0. The zero-order chi connectivity index (χ0) is 16.0. The summed E-state index contributed by atoms with van der Waals surface area (Å²) < 4.78 is 1.71. The summed E-state index contributed by atoms with van der Waals surface area (Å²) in [6.07, 6.45) is 2.93. The zero-order valence-electron chi connectivity index (χ0n) is 12.1. The van der Waals surface area contributed by atoms with E-state index in [1.54, 1.807) is 10.8 Å². The quantitative estimate of drug-likeness (QED) is 0.604. The average Bonchev–Trinajstić information content (AvgIpc) is 2.65. The van der Waals surface area contributed by atoms with E-state index in [0.717, 1.165) is 17.0 Å². The molecule has 2 amide bonds. The second-order valence-electron chi connectivity index (χ2n) is 4.43. The van der Waals surface area contributed by atoms with Gasteiger partial charge in [0, 0.05) is 24.4 Å². The lowest BCUT2D eigenvalue weighted by Gasteiger charge is -2.02. The molecule has 1 aromatic heterocycles. The number of amides is 2. The van der Waals surface area contributed by atoms with Gasteiger partial charge in [0.2, 0.25) is 11.8 Å². The highest BCUT2D eigenvalue weighted by molar-refractivity contribution is 5.94. The Balaban J connectivity index is 2.48. The van der Waals surface area contributed by atoms with E-state index in [0.29, 0.717) is 0 Å². The van der Waals surface area contributed by atoms with Gasteiger partial charge in [-0.1, -0.05) is 0 Å². The highest BCUT2D eigenvalue weighted by Gasteiger charge is 2.07. The third-order valence-corrected chi connectivity index (χ3v) is 2.83. The Hall–Kier alpha value is -2.64. The summed E-state index contributed by atoms with van der Waals surface area (Å²) >= 11 is 0. The highest BCUT2D eigenvalue weighted by atomic mass is 16.4. The molecule has 0 unspecified atom stereocenters. The second kappa shape index (κ2) is 7.22. The molecule has 0 fully saturated rings. The molecule has 0 radical (unpaired) electrons. The van der Waals surface area contributed by atoms with Crippen molar-refractivity contribution >= 4 is 23.9 Å². The van der Waals surface area contributed by atoms with E-state index in [4.69, 9.17) is 5.11 Å². The van der Waals surface area contributed by atoms with Gasteiger partial charge in [0.1, 0.15) is 6.54 Å². The molecule has 0 atom stereocenters. The third-order valence-electron chi connectivity index (χ3n) is 2.83. The van der Waals surface area contributed by atoms with Gasteiger partial charge in [0.05, 0.1) is 12.2 Å². The maximum absolute atomic E-state index is 11.6. The minimum atomic E-state index is -1.14. The van der Waals surface area contributed by atoms with Crippen molar-refractivity contribution in [3.63, 3.8) is 0 Å². The van der Waals surface area contributed by atoms with E-state index in [1.165, 1.54) is 6.08 Å². The first-order valence-electron chi connectivity index (χ1n) is 6.26. The van der Waals surface area contributed by atoms with Crippen molar-refractivity contribution in [3.05, 3.63) is 23.0 Å². The topological polar surface area (TPSA) is 113 Å². The number of aliphatic carboxylic acids is 1. The lowest BCUT2D eigenvalue weighted by atomic mass is 10.2. The van der Waals surface area contributed by atoms with Gasteiger partial charge in [0.25, 0.3) is 0 Å². The number of hydrogen-bond acceptors (Lipinski definition) is 4. The monoisotopic (exact) mass is 294 g/mol. The highest BCUT2D eigenvalue weighted by Crippen LogP contribution is 2.13. The van der Waals surface area contributed by atoms with Crippen LogP contribution in [-0.2, 0) is 21.4 Å². The summed E-state index contributed by atoms with van der Waals surface area (Å²) in [6.45, 7) is 2.97. The molecule has 0 aliphatic rings. The smallest absolute Gasteiger partial charge is 0.322 e. The van der Waals surface area contributed by atoms with E-state index in [1.807, 2.05) is 20.9 Å². The Morgan fingerprint density at radius 3 is 2.43 bits per heavy atom. The largest absolute Gasteiger partial charge is 0.480 e. The Kier molecular flexibility index (Phi) is 5.65. The van der Waals surface area contributed by atoms with Crippen LogP contribution in [0, 0.1) is 13.8 Å². The van der Waals surface area contributed by atoms with E-state index < -0.39 is 24.3 Å². The van der Waals surface area contributed by atoms with Crippen LogP contribution in [0.5, 0.6) is 0 Å². The molecule has 0 spiro atoms. The van der Waals surface area contributed by atoms with Crippen molar-refractivity contribution < 1.29 is 19.5 Å². The van der Waals surface area contributed by atoms with Crippen molar-refractivity contribution in [2.45, 2.75) is 13.8 Å². The van der Waals surface area contributed by atoms with Crippen LogP contribution in [0.25, 0.3) is 6.08 Å². The molecule has 0 aliphatic heterocycles. The molecule has 8 heteroatoms. The number of nitrogens with zero attached hydrogens (tertiary/aromatic N) is 2. The number of carbonyl (C=O) groups is 3. The number of rotatable bonds is 6. The molecular formula is C13H18N4O4. The lowest BCUT2D eigenvalue weighted by Crippen LogP contribution is -2.38. The van der Waals surface area contributed by atoms with Gasteiger partial charge in [-0.3, -0.25) is 19.1 Å². The second-order valence-corrected chi connectivity index (χ2v) is 4.43. The van der Waals surface area contributed by atoms with Gasteiger partial charge in [-0.2, -0.15) is 5.10 Å². The fourth-order valence-corrected chi connectivity index (χ4v) is 1.65. The van der Waals surface area contributed by atoms with Gasteiger partial charge in [0.15, 0.2) is 0 Å². The number of aryl methyl sites for hydroxylation is 2. The van der Waals surface area contributed by atoms with Gasteiger partial charge in [-0.25, -0.2) is 0 Å². The van der Waals surface area contributed by atoms with E-state index >= 15 is 0 Å². The minimum Gasteiger partial charge on any atom is -0.480 e. The molecular weight excluding hydrogens is 276 g/mol. The average molecular weight is 294 g/mol. The van der Waals surface area contributed by atoms with Crippen LogP contribution in [0.3, 0.4) is 0 Å². The fourth-order valence-electron chi connectivity index (χ4n) is 1.65. The SMILES string of the molecule is Cc1nn(C)c(C)c1/C=C/C(=O)NCC(=O)NCC(=O)O. The van der Waals surface area contributed by atoms with Crippen molar-refractivity contribution in [3.8, 4) is 0 Å². The molecule has 114 valence electrons. The number of carboxylic acids is 1. The number of nitrogens with one attached hydrogen (secondary N) is 2. The first-order chi connectivity index (χ1) is 9.81. The van der Waals surface area contributed by atoms with Gasteiger partial charge in [-0.05, 0) is 19.9 Å². The van der Waals surface area contributed by atoms with Crippen LogP contribution >= 0.6 is 0 Å². The number of carboxylic acid groups (broad SMARTS) is 1. The zero-order valence-corrected chi connectivity index (χ0v) is 12.1. The molecule has 1 aromatic rings. The maximum atomic E-state index is 11.6. The summed E-state index contributed by atoms with van der Waals surface area (Å²) in [4.78, 5) is 33.0. The normalized spacial score (nSPS) is 10.6. The predicted octanol–water partition coefficient (Wildman–Crippen LogP) is -0.633. The number of aromatic nitrogens is 2. The Labute approximate surface area is 121 Å². The predicted molar refractivity (Wildman–Crippen MR) is 75.4 cm³/mol. The number of carbonyl (C=O) groups excluding carboxylic acids is 2. The van der Waals surface area contributed by atoms with E-state index in [9.17, 15) is 14.4 Å². The molecule has 0 bridgehead atoms. The van der Waals surface area contributed by atoms with Crippen molar-refractivity contribution in [1.29, 1.82) is 0 Å². The van der Waals surface area contributed by atoms with Gasteiger partial charge < -0.3 is 15.7 Å². The Morgan fingerprint density at radius 1 is 1.24 bits per heavy atom. The van der Waals surface area contributed by atoms with Gasteiger partial charge in [-0.15, -0.1) is 0 Å². The van der Waals surface area contributed by atoms with Crippen LogP contribution in [-0.4, -0.2) is 45.8 Å². The molecule has 1 heterocycles. The van der Waals surface area contributed by atoms with Crippen molar-refractivity contribution in [1.82, 2.24) is 20.4 Å². The van der Waals surface area contributed by atoms with E-state index in [2.05, 4.69) is 15.7 Å². The Bertz CT molecular complexity index is 589. The molecule has 0 aromatic carbocycles. The molecule has 0 saturated heterocycles. The van der Waals surface area contributed by atoms with Gasteiger partial charge >= 0.3 is 5.97 Å². The summed E-state index contributed by atoms with van der Waals surface area (Å²) in [5, 5.41) is 17.1. The molecule has 1 rings (SSSR count). The first kappa shape index (κ1) is 16.4. The fraction of sp³-hybridized carbons (Fsp3) is 0.385. The molecule has 8 nitrogen and oxygen atoms in total. The molecule has 21 heavy (non-hydrogen) atoms. The minimum absolute atomic E-state index is 0.276. The first-order valence-corrected chi connectivity index (χ1v) is 6.26. The summed E-state index contributed by atoms with van der Waals surface area (Å²) in [7, 11) is 1.81. The maximum Gasteiger partial charge on any atom is 0.322 e. The molecule has 0 aliphatic carbocycles. The number of hydrogen-bond donors (Lipinski definition) is 3. The van der Waals surface area contributed by atoms with Crippen LogP contribution in [0.4, 0.5) is 0 Å². The lowest BCUT2D eigenvalue weighted by molar-refractivity contribution is -0.137. The third kappa shape index (κ3) is 5.09. The summed E-state index contributed by atoms with van der Waals surface area (Å²) in [5.41, 5.74) is 2.58. The van der Waals surface area contributed by atoms with Crippen LogP contribution in [0.1, 0.15) is 17.0 Å². The summed E-state index contributed by atoms with van der Waals surface area (Å²) in [5.74, 6) is -2.15. The standard InChI is InChI=1S/C13H18N4O4/c1-8-10(9(2)17(3)16-8)4-5-11(18)14-6-12(19)15-7-13(20)21/h4-5H,6-7H2,1-3H3,(H,14,18)(H,15,19)(H,20,21)/b5-4+. The van der Waals surface area contributed by atoms with Crippen LogP contribution in [0.2, 0.25) is 0 Å². The van der Waals surface area contributed by atoms with Crippen LogP contribution < -0.4 is 10.6 Å². The van der Waals surface area contributed by atoms with E-state index in [-0.39, 0.29) is 6.54 Å². The Morgan fingerprint density at radius 2 is 1.90 bits per heavy atom. The van der Waals surface area contributed by atoms with Crippen molar-refractivity contribution in [2.24, 2.45) is 7.05 Å². The molecule has 3 N–H and O–H groups in total.